The van der Waals surface area contributed by atoms with E-state index < -0.39 is 0 Å². The quantitative estimate of drug-likeness (QED) is 0.724. The van der Waals surface area contributed by atoms with E-state index >= 15 is 0 Å². The van der Waals surface area contributed by atoms with E-state index in [1.807, 2.05) is 26.2 Å². The fourth-order valence-corrected chi connectivity index (χ4v) is 1.42. The van der Waals surface area contributed by atoms with Gasteiger partial charge in [-0.1, -0.05) is 24.3 Å². The largest absolute Gasteiger partial charge is 0.305 e. The van der Waals surface area contributed by atoms with Crippen LogP contribution in [0.2, 0.25) is 0 Å². The number of Topliss-reactive ketones (excluding diaryl/α,β-unsaturated/α-hetero) is 1. The molecule has 76 valence electrons. The molecule has 0 saturated heterocycles. The summed E-state index contributed by atoms with van der Waals surface area (Å²) in [5.74, 6) is 0.213. The topological polar surface area (TPSA) is 20.3 Å². The second-order valence-corrected chi connectivity index (χ2v) is 3.93. The fourth-order valence-electron chi connectivity index (χ4n) is 1.42. The van der Waals surface area contributed by atoms with Gasteiger partial charge in [0.05, 0.1) is 0 Å². The molecule has 0 heterocycles. The number of nitrogens with zero attached hydrogens (tertiary/aromatic N) is 1. The van der Waals surface area contributed by atoms with E-state index in [1.165, 1.54) is 5.56 Å². The predicted octanol–water partition coefficient (Wildman–Crippen LogP) is 1.88. The highest BCUT2D eigenvalue weighted by Crippen LogP contribution is 2.06. The summed E-state index contributed by atoms with van der Waals surface area (Å²) in [5.41, 5.74) is 2.38. The number of benzene rings is 1. The smallest absolute Gasteiger partial charge is 0.134 e. The van der Waals surface area contributed by atoms with Gasteiger partial charge in [0, 0.05) is 13.0 Å². The highest BCUT2D eigenvalue weighted by atomic mass is 16.1. The first kappa shape index (κ1) is 10.9. The summed E-state index contributed by atoms with van der Waals surface area (Å²) in [5, 5.41) is 0. The molecule has 0 amide bonds. The standard InChI is InChI=1S/C12H17NO/c1-10(14)8-11-4-6-12(7-5-11)9-13(2)3/h4-7H,8-9H2,1-3H3. The third kappa shape index (κ3) is 3.71. The number of carbonyl (C=O) groups is 1. The number of ketones is 1. The lowest BCUT2D eigenvalue weighted by Crippen LogP contribution is -2.10. The van der Waals surface area contributed by atoms with Gasteiger partial charge in [-0.15, -0.1) is 0 Å². The minimum atomic E-state index is 0.213. The summed E-state index contributed by atoms with van der Waals surface area (Å²) in [4.78, 5) is 13.0. The van der Waals surface area contributed by atoms with Gasteiger partial charge in [-0.25, -0.2) is 0 Å². The first-order valence-corrected chi connectivity index (χ1v) is 4.80. The molecule has 0 aromatic heterocycles. The molecule has 1 aromatic carbocycles. The van der Waals surface area contributed by atoms with Crippen LogP contribution >= 0.6 is 0 Å². The second kappa shape index (κ2) is 4.91. The van der Waals surface area contributed by atoms with Gasteiger partial charge >= 0.3 is 0 Å². The molecule has 0 spiro atoms. The van der Waals surface area contributed by atoms with Crippen LogP contribution in [0.25, 0.3) is 0 Å². The summed E-state index contributed by atoms with van der Waals surface area (Å²) in [7, 11) is 4.09. The molecule has 1 aromatic rings. The Morgan fingerprint density at radius 2 is 1.64 bits per heavy atom. The monoisotopic (exact) mass is 191 g/mol. The minimum absolute atomic E-state index is 0.213. The van der Waals surface area contributed by atoms with Gasteiger partial charge in [0.2, 0.25) is 0 Å². The molecule has 0 bridgehead atoms. The molecule has 0 aliphatic rings. The average Bonchev–Trinajstić information content (AvgIpc) is 2.06. The van der Waals surface area contributed by atoms with E-state index in [9.17, 15) is 4.79 Å². The molecule has 0 fully saturated rings. The normalized spacial score (nSPS) is 10.6. The van der Waals surface area contributed by atoms with Crippen LogP contribution in [0.4, 0.5) is 0 Å². The SMILES string of the molecule is CC(=O)Cc1ccc(CN(C)C)cc1. The van der Waals surface area contributed by atoms with E-state index in [1.54, 1.807) is 6.92 Å². The van der Waals surface area contributed by atoms with Crippen molar-refractivity contribution in [3.8, 4) is 0 Å². The highest BCUT2D eigenvalue weighted by Gasteiger charge is 1.98. The molecule has 0 aliphatic heterocycles. The number of hydrogen-bond donors (Lipinski definition) is 0. The van der Waals surface area contributed by atoms with Gasteiger partial charge in [-0.3, -0.25) is 4.79 Å². The average molecular weight is 191 g/mol. The third-order valence-corrected chi connectivity index (χ3v) is 1.97. The Labute approximate surface area is 85.5 Å². The van der Waals surface area contributed by atoms with E-state index in [0.717, 1.165) is 12.1 Å². The lowest BCUT2D eigenvalue weighted by Gasteiger charge is -2.09. The molecular weight excluding hydrogens is 174 g/mol. The van der Waals surface area contributed by atoms with Crippen LogP contribution in [0.3, 0.4) is 0 Å². The Morgan fingerprint density at radius 1 is 1.14 bits per heavy atom. The Kier molecular flexibility index (Phi) is 3.84. The zero-order valence-corrected chi connectivity index (χ0v) is 9.08. The summed E-state index contributed by atoms with van der Waals surface area (Å²) in [6.45, 7) is 2.56. The van der Waals surface area contributed by atoms with Gasteiger partial charge in [0.1, 0.15) is 5.78 Å². The number of rotatable bonds is 4. The molecule has 0 aliphatic carbocycles. The predicted molar refractivity (Wildman–Crippen MR) is 58.2 cm³/mol. The van der Waals surface area contributed by atoms with Crippen molar-refractivity contribution in [3.05, 3.63) is 35.4 Å². The summed E-state index contributed by atoms with van der Waals surface area (Å²) in [6.07, 6.45) is 0.544. The fraction of sp³-hybridized carbons (Fsp3) is 0.417. The van der Waals surface area contributed by atoms with Crippen LogP contribution in [0.1, 0.15) is 18.1 Å². The molecule has 0 unspecified atom stereocenters. The number of hydrogen-bond acceptors (Lipinski definition) is 2. The molecule has 14 heavy (non-hydrogen) atoms. The van der Waals surface area contributed by atoms with Gasteiger partial charge in [0.15, 0.2) is 0 Å². The summed E-state index contributed by atoms with van der Waals surface area (Å²) < 4.78 is 0. The van der Waals surface area contributed by atoms with Gasteiger partial charge in [-0.2, -0.15) is 0 Å². The van der Waals surface area contributed by atoms with Crippen molar-refractivity contribution < 1.29 is 4.79 Å². The van der Waals surface area contributed by atoms with Gasteiger partial charge < -0.3 is 4.90 Å². The van der Waals surface area contributed by atoms with Gasteiger partial charge in [0.25, 0.3) is 0 Å². The van der Waals surface area contributed by atoms with E-state index in [-0.39, 0.29) is 5.78 Å². The Hall–Kier alpha value is -1.15. The van der Waals surface area contributed by atoms with Crippen molar-refractivity contribution in [1.82, 2.24) is 4.90 Å². The van der Waals surface area contributed by atoms with Crippen LogP contribution in [0.15, 0.2) is 24.3 Å². The maximum absolute atomic E-state index is 10.9. The van der Waals surface area contributed by atoms with Crippen LogP contribution in [-0.4, -0.2) is 24.8 Å². The third-order valence-electron chi connectivity index (χ3n) is 1.97. The van der Waals surface area contributed by atoms with E-state index in [0.29, 0.717) is 6.42 Å². The van der Waals surface area contributed by atoms with Crippen LogP contribution in [0, 0.1) is 0 Å². The van der Waals surface area contributed by atoms with E-state index in [2.05, 4.69) is 17.0 Å². The first-order chi connectivity index (χ1) is 6.58. The zero-order chi connectivity index (χ0) is 10.6. The lowest BCUT2D eigenvalue weighted by molar-refractivity contribution is -0.116. The summed E-state index contributed by atoms with van der Waals surface area (Å²) >= 11 is 0. The molecule has 2 nitrogen and oxygen atoms in total. The minimum Gasteiger partial charge on any atom is -0.305 e. The maximum atomic E-state index is 10.9. The maximum Gasteiger partial charge on any atom is 0.134 e. The Bertz CT molecular complexity index is 301. The zero-order valence-electron chi connectivity index (χ0n) is 9.08. The van der Waals surface area contributed by atoms with Crippen molar-refractivity contribution >= 4 is 5.78 Å². The van der Waals surface area contributed by atoms with Crippen molar-refractivity contribution in [2.45, 2.75) is 19.9 Å². The van der Waals surface area contributed by atoms with Crippen molar-refractivity contribution in [3.63, 3.8) is 0 Å². The molecule has 0 saturated carbocycles. The van der Waals surface area contributed by atoms with Crippen molar-refractivity contribution in [2.75, 3.05) is 14.1 Å². The van der Waals surface area contributed by atoms with Crippen molar-refractivity contribution in [1.29, 1.82) is 0 Å². The first-order valence-electron chi connectivity index (χ1n) is 4.80. The molecule has 0 radical (unpaired) electrons. The summed E-state index contributed by atoms with van der Waals surface area (Å²) in [6, 6.07) is 8.22. The molecule has 2 heteroatoms. The lowest BCUT2D eigenvalue weighted by atomic mass is 10.1. The van der Waals surface area contributed by atoms with Crippen LogP contribution in [0.5, 0.6) is 0 Å². The Balaban J connectivity index is 2.63. The molecule has 0 atom stereocenters. The van der Waals surface area contributed by atoms with Gasteiger partial charge in [-0.05, 0) is 32.1 Å². The highest BCUT2D eigenvalue weighted by molar-refractivity contribution is 5.78. The van der Waals surface area contributed by atoms with Crippen LogP contribution < -0.4 is 0 Å². The second-order valence-electron chi connectivity index (χ2n) is 3.93. The molecule has 0 N–H and O–H groups in total. The van der Waals surface area contributed by atoms with Crippen LogP contribution in [-0.2, 0) is 17.8 Å². The molecule has 1 rings (SSSR count). The Morgan fingerprint density at radius 3 is 2.07 bits per heavy atom. The van der Waals surface area contributed by atoms with E-state index in [4.69, 9.17) is 0 Å². The molecular formula is C12H17NO. The van der Waals surface area contributed by atoms with Crippen molar-refractivity contribution in [2.24, 2.45) is 0 Å². The number of carbonyl (C=O) groups excluding carboxylic acids is 1.